The lowest BCUT2D eigenvalue weighted by Crippen LogP contribution is -2.46. The summed E-state index contributed by atoms with van der Waals surface area (Å²) in [6.07, 6.45) is -0.298. The van der Waals surface area contributed by atoms with Crippen LogP contribution >= 0.6 is 11.3 Å². The SMILES string of the molecule is CCOC(=O)C1(Cc2cc(-c3ccc(OC)cc3)no2)CCN(Cc2ccsc2)CC1.O=C(O)CC(O)(CC(=O)O)C(=O)O. The minimum atomic E-state index is -2.74. The van der Waals surface area contributed by atoms with Gasteiger partial charge in [-0.3, -0.25) is 19.3 Å². The smallest absolute Gasteiger partial charge is 0.336 e. The predicted octanol–water partition coefficient (Wildman–Crippen LogP) is 3.55. The second-order valence-electron chi connectivity index (χ2n) is 10.5. The maximum absolute atomic E-state index is 13.0. The number of likely N-dealkylation sites (tertiary alicyclic amines) is 1. The molecule has 1 aliphatic heterocycles. The van der Waals surface area contributed by atoms with Crippen LogP contribution in [-0.2, 0) is 36.9 Å². The highest BCUT2D eigenvalue weighted by molar-refractivity contribution is 7.07. The van der Waals surface area contributed by atoms with Crippen LogP contribution in [0.5, 0.6) is 5.75 Å². The number of aliphatic hydroxyl groups is 1. The van der Waals surface area contributed by atoms with Crippen molar-refractivity contribution in [1.29, 1.82) is 0 Å². The van der Waals surface area contributed by atoms with Crippen LogP contribution in [-0.4, -0.2) is 86.8 Å². The largest absolute Gasteiger partial charge is 0.497 e. The Bertz CT molecular complexity index is 1380. The predicted molar refractivity (Wildman–Crippen MR) is 157 cm³/mol. The highest BCUT2D eigenvalue weighted by Crippen LogP contribution is 2.38. The highest BCUT2D eigenvalue weighted by Gasteiger charge is 2.44. The first-order chi connectivity index (χ1) is 20.9. The lowest BCUT2D eigenvalue weighted by Gasteiger charge is -2.39. The van der Waals surface area contributed by atoms with Crippen molar-refractivity contribution in [2.75, 3.05) is 26.8 Å². The van der Waals surface area contributed by atoms with Crippen molar-refractivity contribution in [2.45, 2.75) is 51.2 Å². The first-order valence-electron chi connectivity index (χ1n) is 13.8. The molecule has 4 rings (SSSR count). The molecule has 3 aromatic rings. The summed E-state index contributed by atoms with van der Waals surface area (Å²) in [5.74, 6) is -3.64. The quantitative estimate of drug-likeness (QED) is 0.200. The summed E-state index contributed by atoms with van der Waals surface area (Å²) in [7, 11) is 1.64. The molecule has 0 radical (unpaired) electrons. The Morgan fingerprint density at radius 2 is 1.68 bits per heavy atom. The van der Waals surface area contributed by atoms with Gasteiger partial charge in [0.1, 0.15) is 17.2 Å². The molecule has 13 nitrogen and oxygen atoms in total. The average Bonchev–Trinajstić information content (AvgIpc) is 3.66. The van der Waals surface area contributed by atoms with Gasteiger partial charge >= 0.3 is 23.9 Å². The molecule has 3 heterocycles. The molecular formula is C30H36N2O11S. The van der Waals surface area contributed by atoms with Gasteiger partial charge in [-0.25, -0.2) is 4.79 Å². The van der Waals surface area contributed by atoms with Gasteiger partial charge in [-0.1, -0.05) is 5.16 Å². The molecule has 238 valence electrons. The number of thiophene rings is 1. The van der Waals surface area contributed by atoms with Crippen LogP contribution in [0, 0.1) is 5.41 Å². The monoisotopic (exact) mass is 632 g/mol. The molecule has 44 heavy (non-hydrogen) atoms. The molecule has 14 heteroatoms. The normalized spacial score (nSPS) is 14.6. The summed E-state index contributed by atoms with van der Waals surface area (Å²) in [6, 6.07) is 11.8. The number of carbonyl (C=O) groups is 4. The van der Waals surface area contributed by atoms with Gasteiger partial charge in [0, 0.05) is 24.6 Å². The van der Waals surface area contributed by atoms with E-state index in [1.54, 1.807) is 18.4 Å². The molecule has 0 aliphatic carbocycles. The number of aliphatic carboxylic acids is 3. The molecule has 0 atom stereocenters. The zero-order valence-corrected chi connectivity index (χ0v) is 25.2. The Morgan fingerprint density at radius 1 is 1.05 bits per heavy atom. The summed E-state index contributed by atoms with van der Waals surface area (Å²) < 4.78 is 16.3. The summed E-state index contributed by atoms with van der Waals surface area (Å²) >= 11 is 1.72. The van der Waals surface area contributed by atoms with Crippen molar-refractivity contribution >= 4 is 35.2 Å². The first-order valence-corrected chi connectivity index (χ1v) is 14.7. The van der Waals surface area contributed by atoms with Crippen LogP contribution in [0.2, 0.25) is 0 Å². The van der Waals surface area contributed by atoms with Gasteiger partial charge in [-0.2, -0.15) is 11.3 Å². The molecule has 1 aliphatic rings. The maximum Gasteiger partial charge on any atom is 0.336 e. The fourth-order valence-corrected chi connectivity index (χ4v) is 5.52. The van der Waals surface area contributed by atoms with Crippen molar-refractivity contribution in [2.24, 2.45) is 5.41 Å². The van der Waals surface area contributed by atoms with E-state index in [-0.39, 0.29) is 5.97 Å². The summed E-state index contributed by atoms with van der Waals surface area (Å²) in [4.78, 5) is 45.9. The Balaban J connectivity index is 0.000000345. The third-order valence-electron chi connectivity index (χ3n) is 7.25. The van der Waals surface area contributed by atoms with Crippen LogP contribution in [0.4, 0.5) is 0 Å². The number of nitrogens with zero attached hydrogens (tertiary/aromatic N) is 2. The van der Waals surface area contributed by atoms with Crippen molar-refractivity contribution < 1.29 is 53.6 Å². The number of hydrogen-bond acceptors (Lipinski definition) is 11. The Labute approximate surface area is 257 Å². The fourth-order valence-electron chi connectivity index (χ4n) is 4.86. The third-order valence-corrected chi connectivity index (χ3v) is 7.98. The molecule has 2 aromatic heterocycles. The average molecular weight is 633 g/mol. The molecule has 0 bridgehead atoms. The Morgan fingerprint density at radius 3 is 2.18 bits per heavy atom. The minimum absolute atomic E-state index is 0.132. The number of rotatable bonds is 13. The molecule has 0 spiro atoms. The van der Waals surface area contributed by atoms with Crippen molar-refractivity contribution in [3.05, 3.63) is 58.5 Å². The lowest BCUT2D eigenvalue weighted by molar-refractivity contribution is -0.170. The van der Waals surface area contributed by atoms with E-state index in [1.165, 1.54) is 5.56 Å². The molecule has 1 fully saturated rings. The van der Waals surface area contributed by atoms with E-state index in [2.05, 4.69) is 26.9 Å². The van der Waals surface area contributed by atoms with E-state index in [1.807, 2.05) is 37.3 Å². The van der Waals surface area contributed by atoms with Crippen molar-refractivity contribution in [1.82, 2.24) is 10.1 Å². The summed E-state index contributed by atoms with van der Waals surface area (Å²) in [5, 5.41) is 42.3. The summed E-state index contributed by atoms with van der Waals surface area (Å²) in [6.45, 7) is 4.87. The number of carboxylic acids is 3. The van der Waals surface area contributed by atoms with E-state index in [4.69, 9.17) is 34.4 Å². The van der Waals surface area contributed by atoms with E-state index < -0.39 is 41.8 Å². The number of esters is 1. The number of methoxy groups -OCH3 is 1. The number of benzene rings is 1. The van der Waals surface area contributed by atoms with E-state index in [0.29, 0.717) is 18.8 Å². The highest BCUT2D eigenvalue weighted by atomic mass is 32.1. The van der Waals surface area contributed by atoms with Crippen LogP contribution in [0.25, 0.3) is 11.3 Å². The summed E-state index contributed by atoms with van der Waals surface area (Å²) in [5.41, 5.74) is -0.277. The van der Waals surface area contributed by atoms with Gasteiger partial charge in [0.25, 0.3) is 0 Å². The lowest BCUT2D eigenvalue weighted by atomic mass is 9.75. The van der Waals surface area contributed by atoms with E-state index >= 15 is 0 Å². The first kappa shape index (κ1) is 34.2. The Kier molecular flexibility index (Phi) is 12.0. The molecule has 1 aromatic carbocycles. The van der Waals surface area contributed by atoms with E-state index in [9.17, 15) is 19.2 Å². The van der Waals surface area contributed by atoms with Crippen LogP contribution in [0.1, 0.15) is 43.9 Å². The molecule has 0 saturated carbocycles. The zero-order valence-electron chi connectivity index (χ0n) is 24.4. The number of piperidine rings is 1. The standard InChI is InChI=1S/C24H28N2O4S.C6H8O7/c1-3-29-23(27)24(9-11-26(12-10-24)16-18-8-13-31-17-18)15-21-14-22(25-30-21)19-4-6-20(28-2)7-5-19;7-3(8)1-6(13,5(11)12)2-4(9)10/h4-8,13-14,17H,3,9-12,15-16H2,1-2H3;13H,1-2H2,(H,7,8)(H,9,10)(H,11,12). The number of hydrogen-bond donors (Lipinski definition) is 4. The maximum atomic E-state index is 13.0. The van der Waals surface area contributed by atoms with E-state index in [0.717, 1.165) is 49.5 Å². The minimum Gasteiger partial charge on any atom is -0.497 e. The molecular weight excluding hydrogens is 596 g/mol. The van der Waals surface area contributed by atoms with Crippen molar-refractivity contribution in [3.8, 4) is 17.0 Å². The van der Waals surface area contributed by atoms with Crippen molar-refractivity contribution in [3.63, 3.8) is 0 Å². The van der Waals surface area contributed by atoms with Gasteiger partial charge in [-0.15, -0.1) is 0 Å². The van der Waals surface area contributed by atoms with Gasteiger partial charge in [0.2, 0.25) is 0 Å². The second-order valence-corrected chi connectivity index (χ2v) is 11.3. The van der Waals surface area contributed by atoms with Gasteiger partial charge in [-0.05, 0) is 79.5 Å². The number of ether oxygens (including phenoxy) is 2. The molecule has 0 unspecified atom stereocenters. The topological polar surface area (TPSA) is 197 Å². The molecule has 1 saturated heterocycles. The second kappa shape index (κ2) is 15.5. The molecule has 4 N–H and O–H groups in total. The van der Waals surface area contributed by atoms with Gasteiger partial charge in [0.05, 0.1) is 32.0 Å². The number of carbonyl (C=O) groups excluding carboxylic acids is 1. The van der Waals surface area contributed by atoms with Crippen LogP contribution in [0.15, 0.2) is 51.7 Å². The van der Waals surface area contributed by atoms with Crippen LogP contribution < -0.4 is 4.74 Å². The molecule has 0 amide bonds. The van der Waals surface area contributed by atoms with Gasteiger partial charge < -0.3 is 34.4 Å². The zero-order chi connectivity index (χ0) is 32.3. The fraction of sp³-hybridized carbons (Fsp3) is 0.433. The third kappa shape index (κ3) is 9.36. The Hall–Kier alpha value is -4.27. The number of carboxylic acid groups (broad SMARTS) is 3. The van der Waals surface area contributed by atoms with Gasteiger partial charge in [0.15, 0.2) is 5.60 Å². The number of aromatic nitrogens is 1. The van der Waals surface area contributed by atoms with Crippen LogP contribution in [0.3, 0.4) is 0 Å².